The van der Waals surface area contributed by atoms with Gasteiger partial charge >= 0.3 is 6.09 Å². The molecule has 1 aromatic carbocycles. The Morgan fingerprint density at radius 1 is 1.06 bits per heavy atom. The number of amides is 1. The predicted octanol–water partition coefficient (Wildman–Crippen LogP) is 4.99. The van der Waals surface area contributed by atoms with Gasteiger partial charge in [0.05, 0.1) is 16.6 Å². The van der Waals surface area contributed by atoms with Gasteiger partial charge in [-0.05, 0) is 63.6 Å². The van der Waals surface area contributed by atoms with E-state index in [1.165, 1.54) is 10.2 Å². The summed E-state index contributed by atoms with van der Waals surface area (Å²) in [5.41, 5.74) is 2.12. The molecular weight excluding hydrogens is 440 g/mol. The molecule has 0 radical (unpaired) electrons. The van der Waals surface area contributed by atoms with Crippen LogP contribution in [-0.2, 0) is 14.8 Å². The van der Waals surface area contributed by atoms with Crippen molar-refractivity contribution in [1.29, 1.82) is 0 Å². The van der Waals surface area contributed by atoms with E-state index in [1.54, 1.807) is 81.8 Å². The van der Waals surface area contributed by atoms with E-state index in [0.29, 0.717) is 22.0 Å². The average Bonchev–Trinajstić information content (AvgIpc) is 3.13. The molecule has 33 heavy (non-hydrogen) atoms. The topological polar surface area (TPSA) is 103 Å². The Kier molecular flexibility index (Phi) is 5.67. The number of carbonyl (C=O) groups excluding carboxylic acids is 1. The third kappa shape index (κ3) is 4.73. The molecule has 0 fully saturated rings. The fourth-order valence-corrected chi connectivity index (χ4v) is 4.73. The lowest BCUT2D eigenvalue weighted by atomic mass is 10.1. The van der Waals surface area contributed by atoms with Crippen LogP contribution in [0.4, 0.5) is 10.6 Å². The molecule has 4 rings (SSSR count). The second kappa shape index (κ2) is 8.32. The molecule has 3 aromatic heterocycles. The van der Waals surface area contributed by atoms with Crippen LogP contribution in [0.5, 0.6) is 0 Å². The van der Waals surface area contributed by atoms with Crippen molar-refractivity contribution in [3.63, 3.8) is 0 Å². The first kappa shape index (κ1) is 22.5. The van der Waals surface area contributed by atoms with Crippen LogP contribution in [0.1, 0.15) is 26.3 Å². The summed E-state index contributed by atoms with van der Waals surface area (Å²) in [6.07, 6.45) is 5.61. The summed E-state index contributed by atoms with van der Waals surface area (Å²) in [7, 11) is -3.85. The molecule has 0 spiro atoms. The zero-order valence-corrected chi connectivity index (χ0v) is 19.6. The van der Waals surface area contributed by atoms with Crippen LogP contribution in [0.25, 0.3) is 22.0 Å². The monoisotopic (exact) mass is 464 g/mol. The maximum absolute atomic E-state index is 13.4. The highest BCUT2D eigenvalue weighted by Gasteiger charge is 2.22. The summed E-state index contributed by atoms with van der Waals surface area (Å²) >= 11 is 0. The number of rotatable bonds is 4. The second-order valence-electron chi connectivity index (χ2n) is 8.61. The number of hydrogen-bond donors (Lipinski definition) is 1. The highest BCUT2D eigenvalue weighted by Crippen LogP contribution is 2.33. The normalized spacial score (nSPS) is 12.0. The van der Waals surface area contributed by atoms with Crippen LogP contribution < -0.4 is 5.32 Å². The number of aryl methyl sites for hydroxylation is 1. The SMILES string of the molecule is Cc1ccc(S(=O)(=O)n2cc(-c3ccnc(NC(=O)OC(C)(C)C)c3)c3ccncc32)cc1. The minimum Gasteiger partial charge on any atom is -0.444 e. The van der Waals surface area contributed by atoms with Gasteiger partial charge in [-0.2, -0.15) is 0 Å². The van der Waals surface area contributed by atoms with E-state index in [0.717, 1.165) is 5.56 Å². The molecule has 9 heteroatoms. The lowest BCUT2D eigenvalue weighted by Gasteiger charge is -2.19. The zero-order valence-electron chi connectivity index (χ0n) is 18.7. The lowest BCUT2D eigenvalue weighted by molar-refractivity contribution is 0.0635. The number of aromatic nitrogens is 3. The Hall–Kier alpha value is -3.72. The number of benzene rings is 1. The Morgan fingerprint density at radius 3 is 2.48 bits per heavy atom. The van der Waals surface area contributed by atoms with Gasteiger partial charge in [-0.25, -0.2) is 22.2 Å². The van der Waals surface area contributed by atoms with Crippen LogP contribution >= 0.6 is 0 Å². The summed E-state index contributed by atoms with van der Waals surface area (Å²) in [5, 5.41) is 3.32. The van der Waals surface area contributed by atoms with E-state index in [-0.39, 0.29) is 10.7 Å². The van der Waals surface area contributed by atoms with Crippen LogP contribution in [0.3, 0.4) is 0 Å². The number of nitrogens with zero attached hydrogens (tertiary/aromatic N) is 3. The van der Waals surface area contributed by atoms with Crippen molar-refractivity contribution in [3.05, 3.63) is 72.8 Å². The van der Waals surface area contributed by atoms with Crippen LogP contribution in [-0.4, -0.2) is 34.1 Å². The summed E-state index contributed by atoms with van der Waals surface area (Å²) in [6.45, 7) is 7.21. The van der Waals surface area contributed by atoms with Crippen LogP contribution in [0, 0.1) is 6.92 Å². The molecule has 0 saturated heterocycles. The fraction of sp³-hybridized carbons (Fsp3) is 0.208. The minimum absolute atomic E-state index is 0.183. The average molecular weight is 465 g/mol. The smallest absolute Gasteiger partial charge is 0.413 e. The molecule has 0 bridgehead atoms. The molecule has 0 aliphatic carbocycles. The molecule has 170 valence electrons. The first-order chi connectivity index (χ1) is 15.5. The number of pyridine rings is 2. The molecule has 3 heterocycles. The largest absolute Gasteiger partial charge is 0.444 e. The fourth-order valence-electron chi connectivity index (χ4n) is 3.37. The van der Waals surface area contributed by atoms with E-state index < -0.39 is 21.7 Å². The minimum atomic E-state index is -3.85. The number of carbonyl (C=O) groups is 1. The Labute approximate surface area is 192 Å². The van der Waals surface area contributed by atoms with Crippen molar-refractivity contribution in [2.45, 2.75) is 38.2 Å². The summed E-state index contributed by atoms with van der Waals surface area (Å²) in [5.74, 6) is 0.290. The van der Waals surface area contributed by atoms with Crippen molar-refractivity contribution in [2.75, 3.05) is 5.32 Å². The molecule has 8 nitrogen and oxygen atoms in total. The molecular formula is C24H24N4O4S. The highest BCUT2D eigenvalue weighted by atomic mass is 32.2. The number of hydrogen-bond acceptors (Lipinski definition) is 6. The van der Waals surface area contributed by atoms with Gasteiger partial charge in [0.25, 0.3) is 10.0 Å². The van der Waals surface area contributed by atoms with Gasteiger partial charge in [0.1, 0.15) is 11.4 Å². The van der Waals surface area contributed by atoms with E-state index in [9.17, 15) is 13.2 Å². The standard InChI is InChI=1S/C24H24N4O4S/c1-16-5-7-18(8-6-16)33(30,31)28-15-20(19-10-11-25-14-21(19)28)17-9-12-26-22(13-17)27-23(29)32-24(2,3)4/h5-15H,1-4H3,(H,26,27,29). The molecule has 1 N–H and O–H groups in total. The Bertz CT molecular complexity index is 1440. The number of anilines is 1. The number of fused-ring (bicyclic) bond motifs is 1. The van der Waals surface area contributed by atoms with Gasteiger partial charge in [0.15, 0.2) is 0 Å². The lowest BCUT2D eigenvalue weighted by Crippen LogP contribution is -2.27. The van der Waals surface area contributed by atoms with Crippen molar-refractivity contribution >= 4 is 32.8 Å². The quantitative estimate of drug-likeness (QED) is 0.456. The second-order valence-corrected chi connectivity index (χ2v) is 10.4. The van der Waals surface area contributed by atoms with Crippen molar-refractivity contribution in [2.24, 2.45) is 0 Å². The van der Waals surface area contributed by atoms with Crippen LogP contribution in [0.15, 0.2) is 72.1 Å². The van der Waals surface area contributed by atoms with E-state index in [1.807, 2.05) is 6.92 Å². The first-order valence-corrected chi connectivity index (χ1v) is 11.7. The highest BCUT2D eigenvalue weighted by molar-refractivity contribution is 7.90. The third-order valence-electron chi connectivity index (χ3n) is 4.85. The molecule has 0 unspecified atom stereocenters. The van der Waals surface area contributed by atoms with Crippen molar-refractivity contribution in [1.82, 2.24) is 13.9 Å². The van der Waals surface area contributed by atoms with Gasteiger partial charge in [-0.3, -0.25) is 10.3 Å². The maximum atomic E-state index is 13.4. The number of nitrogens with one attached hydrogen (secondary N) is 1. The molecule has 0 aliphatic rings. The van der Waals surface area contributed by atoms with Crippen molar-refractivity contribution in [3.8, 4) is 11.1 Å². The molecule has 0 saturated carbocycles. The van der Waals surface area contributed by atoms with Gasteiger partial charge in [0.2, 0.25) is 0 Å². The van der Waals surface area contributed by atoms with Crippen molar-refractivity contribution < 1.29 is 17.9 Å². The number of ether oxygens (including phenoxy) is 1. The molecule has 0 aliphatic heterocycles. The Morgan fingerprint density at radius 2 is 1.79 bits per heavy atom. The van der Waals surface area contributed by atoms with Crippen LogP contribution in [0.2, 0.25) is 0 Å². The summed E-state index contributed by atoms with van der Waals surface area (Å²) in [6, 6.07) is 11.9. The van der Waals surface area contributed by atoms with E-state index >= 15 is 0 Å². The molecule has 4 aromatic rings. The summed E-state index contributed by atoms with van der Waals surface area (Å²) < 4.78 is 33.3. The molecule has 1 amide bonds. The van der Waals surface area contributed by atoms with E-state index in [2.05, 4.69) is 15.3 Å². The van der Waals surface area contributed by atoms with Gasteiger partial charge in [-0.15, -0.1) is 0 Å². The van der Waals surface area contributed by atoms with E-state index in [4.69, 9.17) is 4.74 Å². The maximum Gasteiger partial charge on any atom is 0.413 e. The van der Waals surface area contributed by atoms with Gasteiger partial charge in [-0.1, -0.05) is 17.7 Å². The summed E-state index contributed by atoms with van der Waals surface area (Å²) in [4.78, 5) is 20.6. The Balaban J connectivity index is 1.78. The molecule has 0 atom stereocenters. The van der Waals surface area contributed by atoms with Gasteiger partial charge in [0, 0.05) is 29.5 Å². The third-order valence-corrected chi connectivity index (χ3v) is 6.54. The first-order valence-electron chi connectivity index (χ1n) is 10.3. The van der Waals surface area contributed by atoms with Gasteiger partial charge < -0.3 is 4.74 Å². The zero-order chi connectivity index (χ0) is 23.8. The predicted molar refractivity (Wildman–Crippen MR) is 127 cm³/mol.